The van der Waals surface area contributed by atoms with Gasteiger partial charge < -0.3 is 74.8 Å². The maximum atomic E-state index is 12.5. The Labute approximate surface area is 312 Å². The van der Waals surface area contributed by atoms with Crippen LogP contribution in [0.1, 0.15) is 19.3 Å². The molecule has 0 radical (unpaired) electrons. The fourth-order valence-corrected chi connectivity index (χ4v) is 3.80. The summed E-state index contributed by atoms with van der Waals surface area (Å²) in [6.07, 6.45) is 0.329. The van der Waals surface area contributed by atoms with E-state index in [2.05, 4.69) is 26.0 Å². The van der Waals surface area contributed by atoms with Crippen molar-refractivity contribution in [1.82, 2.24) is 16.0 Å². The molecule has 3 amide bonds. The topological polar surface area (TPSA) is 280 Å². The van der Waals surface area contributed by atoms with Gasteiger partial charge in [-0.1, -0.05) is 5.11 Å². The van der Waals surface area contributed by atoms with Crippen LogP contribution in [0.15, 0.2) is 5.11 Å². The van der Waals surface area contributed by atoms with Gasteiger partial charge in [-0.2, -0.15) is 0 Å². The second-order valence-electron chi connectivity index (χ2n) is 10.8. The summed E-state index contributed by atoms with van der Waals surface area (Å²) in [4.78, 5) is 39.5. The summed E-state index contributed by atoms with van der Waals surface area (Å²) >= 11 is 0. The smallest absolute Gasteiger partial charge is 0.222 e. The summed E-state index contributed by atoms with van der Waals surface area (Å²) in [6, 6.07) is -0.525. The van der Waals surface area contributed by atoms with Crippen LogP contribution >= 0.6 is 0 Å². The molecule has 0 saturated carbocycles. The number of nitrogens with two attached hydrogens (primary N) is 2. The normalized spacial score (nSPS) is 11.1. The van der Waals surface area contributed by atoms with E-state index in [1.54, 1.807) is 0 Å². The van der Waals surface area contributed by atoms with Gasteiger partial charge in [0, 0.05) is 56.9 Å². The zero-order valence-electron chi connectivity index (χ0n) is 31.2. The largest absolute Gasteiger partial charge is 0.379 e. The Morgan fingerprint density at radius 1 is 0.491 bits per heavy atom. The van der Waals surface area contributed by atoms with Crippen molar-refractivity contribution in [3.05, 3.63) is 10.4 Å². The zero-order valence-corrected chi connectivity index (χ0v) is 31.2. The van der Waals surface area contributed by atoms with Gasteiger partial charge in [-0.05, 0) is 5.53 Å². The molecule has 0 heterocycles. The Morgan fingerprint density at radius 2 is 0.849 bits per heavy atom. The average Bonchev–Trinajstić information content (AvgIpc) is 3.15. The van der Waals surface area contributed by atoms with Gasteiger partial charge in [0.1, 0.15) is 0 Å². The number of hydrogen-bond donors (Lipinski definition) is 5. The second-order valence-corrected chi connectivity index (χ2v) is 10.8. The van der Waals surface area contributed by atoms with Crippen molar-refractivity contribution < 1.29 is 61.8 Å². The van der Waals surface area contributed by atoms with Crippen molar-refractivity contribution in [2.75, 3.05) is 165 Å². The van der Waals surface area contributed by atoms with Crippen molar-refractivity contribution in [2.45, 2.75) is 25.3 Å². The van der Waals surface area contributed by atoms with E-state index in [1.807, 2.05) is 0 Å². The predicted molar refractivity (Wildman–Crippen MR) is 192 cm³/mol. The number of azide groups is 1. The first-order valence-corrected chi connectivity index (χ1v) is 18.0. The summed E-state index contributed by atoms with van der Waals surface area (Å²) in [5.41, 5.74) is 18.9. The van der Waals surface area contributed by atoms with Gasteiger partial charge in [-0.3, -0.25) is 14.4 Å². The van der Waals surface area contributed by atoms with Gasteiger partial charge in [0.15, 0.2) is 0 Å². The van der Waals surface area contributed by atoms with Crippen LogP contribution in [-0.4, -0.2) is 189 Å². The molecular formula is C32H64N8O13. The molecule has 0 fully saturated rings. The molecule has 0 atom stereocenters. The van der Waals surface area contributed by atoms with Crippen molar-refractivity contribution in [3.63, 3.8) is 0 Å². The molecule has 21 nitrogen and oxygen atoms in total. The number of carbonyl (C=O) groups is 3. The molecule has 53 heavy (non-hydrogen) atoms. The number of amides is 3. The van der Waals surface area contributed by atoms with Crippen LogP contribution in [0.4, 0.5) is 0 Å². The quantitative estimate of drug-likeness (QED) is 0.0200. The van der Waals surface area contributed by atoms with Crippen molar-refractivity contribution in [2.24, 2.45) is 16.6 Å². The van der Waals surface area contributed by atoms with E-state index in [0.29, 0.717) is 112 Å². The standard InChI is InChI=1S/C32H64N8O13/c33-4-12-45-18-23-50-25-21-47-14-6-36-30(41)1-10-52-27-29(39-32(43)3-9-44-17-20-49-16-8-38-40-35)28-53-11-2-31(42)37-7-15-48-22-26-51-24-19-46-13-5-34/h29H,1-28,33-34H2,(H,36,41)(H,37,42)(H,39,43). The Balaban J connectivity index is 4.26. The van der Waals surface area contributed by atoms with E-state index in [0.717, 1.165) is 0 Å². The Bertz CT molecular complexity index is 862. The van der Waals surface area contributed by atoms with Crippen molar-refractivity contribution >= 4 is 17.7 Å². The van der Waals surface area contributed by atoms with E-state index < -0.39 is 6.04 Å². The third-order valence-electron chi connectivity index (χ3n) is 6.34. The molecule has 0 unspecified atom stereocenters. The Kier molecular flexibility index (Phi) is 39.8. The summed E-state index contributed by atoms with van der Waals surface area (Å²) < 4.78 is 54.0. The van der Waals surface area contributed by atoms with Crippen LogP contribution in [0, 0.1) is 0 Å². The summed E-state index contributed by atoms with van der Waals surface area (Å²) in [6.45, 7) is 8.55. The molecule has 0 aromatic heterocycles. The van der Waals surface area contributed by atoms with Gasteiger partial charge in [-0.15, -0.1) is 0 Å². The predicted octanol–water partition coefficient (Wildman–Crippen LogP) is -1.73. The lowest BCUT2D eigenvalue weighted by atomic mass is 10.3. The van der Waals surface area contributed by atoms with Crippen LogP contribution in [0.5, 0.6) is 0 Å². The van der Waals surface area contributed by atoms with Gasteiger partial charge in [0.2, 0.25) is 17.7 Å². The fraction of sp³-hybridized carbons (Fsp3) is 0.906. The second kappa shape index (κ2) is 42.0. The molecule has 0 rings (SSSR count). The molecule has 0 aliphatic rings. The molecule has 0 aliphatic heterocycles. The van der Waals surface area contributed by atoms with Crippen LogP contribution in [0.2, 0.25) is 0 Å². The minimum atomic E-state index is -0.525. The maximum absolute atomic E-state index is 12.5. The first-order valence-electron chi connectivity index (χ1n) is 18.0. The van der Waals surface area contributed by atoms with Gasteiger partial charge >= 0.3 is 0 Å². The zero-order chi connectivity index (χ0) is 38.7. The number of rotatable bonds is 42. The van der Waals surface area contributed by atoms with Crippen molar-refractivity contribution in [1.29, 1.82) is 0 Å². The first kappa shape index (κ1) is 50.2. The SMILES string of the molecule is [N-]=[N+]=NCCOCCOCCC(=O)NC(COCCC(=O)NCCOCCOCCOCCN)COCCC(=O)NCCOCCOCCOCCN. The molecule has 0 aliphatic carbocycles. The number of hydrogen-bond acceptors (Lipinski definition) is 16. The summed E-state index contributed by atoms with van der Waals surface area (Å²) in [5, 5.41) is 11.7. The lowest BCUT2D eigenvalue weighted by molar-refractivity contribution is -0.126. The first-order chi connectivity index (χ1) is 26.0. The van der Waals surface area contributed by atoms with E-state index in [-0.39, 0.29) is 89.8 Å². The maximum Gasteiger partial charge on any atom is 0.222 e. The van der Waals surface area contributed by atoms with E-state index in [1.165, 1.54) is 0 Å². The van der Waals surface area contributed by atoms with E-state index in [4.69, 9.17) is 64.4 Å². The lowest BCUT2D eigenvalue weighted by Crippen LogP contribution is -2.42. The van der Waals surface area contributed by atoms with Gasteiger partial charge in [0.05, 0.1) is 138 Å². The molecule has 21 heteroatoms. The summed E-state index contributed by atoms with van der Waals surface area (Å²) in [5.74, 6) is -0.685. The number of ether oxygens (including phenoxy) is 10. The highest BCUT2D eigenvalue weighted by molar-refractivity contribution is 5.76. The molecule has 0 aromatic carbocycles. The van der Waals surface area contributed by atoms with Crippen LogP contribution in [-0.2, 0) is 61.8 Å². The third-order valence-corrected chi connectivity index (χ3v) is 6.34. The minimum Gasteiger partial charge on any atom is -0.379 e. The fourth-order valence-electron chi connectivity index (χ4n) is 3.80. The molecule has 0 saturated heterocycles. The van der Waals surface area contributed by atoms with Crippen LogP contribution < -0.4 is 27.4 Å². The van der Waals surface area contributed by atoms with Crippen LogP contribution in [0.3, 0.4) is 0 Å². The molecule has 7 N–H and O–H groups in total. The highest BCUT2D eigenvalue weighted by Crippen LogP contribution is 1.96. The highest BCUT2D eigenvalue weighted by atomic mass is 16.6. The third kappa shape index (κ3) is 40.3. The molecule has 310 valence electrons. The molecule has 0 aromatic rings. The van der Waals surface area contributed by atoms with Crippen LogP contribution in [0.25, 0.3) is 10.4 Å². The Morgan fingerprint density at radius 3 is 1.28 bits per heavy atom. The van der Waals surface area contributed by atoms with E-state index >= 15 is 0 Å². The summed E-state index contributed by atoms with van der Waals surface area (Å²) in [7, 11) is 0. The average molecular weight is 769 g/mol. The van der Waals surface area contributed by atoms with Gasteiger partial charge in [0.25, 0.3) is 0 Å². The minimum absolute atomic E-state index is 0.0905. The number of nitrogens with zero attached hydrogens (tertiary/aromatic N) is 3. The van der Waals surface area contributed by atoms with Crippen molar-refractivity contribution in [3.8, 4) is 0 Å². The highest BCUT2D eigenvalue weighted by Gasteiger charge is 2.14. The number of nitrogens with one attached hydrogen (secondary N) is 3. The van der Waals surface area contributed by atoms with Gasteiger partial charge in [-0.25, -0.2) is 0 Å². The lowest BCUT2D eigenvalue weighted by Gasteiger charge is -2.19. The molecule has 0 spiro atoms. The molecular weight excluding hydrogens is 704 g/mol. The van der Waals surface area contributed by atoms with E-state index in [9.17, 15) is 14.4 Å². The monoisotopic (exact) mass is 768 g/mol. The number of carbonyl (C=O) groups excluding carboxylic acids is 3. The Hall–Kier alpha value is -2.76. The molecule has 0 bridgehead atoms.